The molecule has 0 amide bonds. The zero-order chi connectivity index (χ0) is 28.8. The van der Waals surface area contributed by atoms with E-state index >= 15 is 0 Å². The SMILES string of the molecule is Cc1cc([C@@H]2[C@H](c3ccccn3)NC(=S)N2c2ccc(N3C[C@@H](C)C[C@H](C)C3)c(Cl)c2)c(C)n1-c1ccccc1Cl. The monoisotopic (exact) mass is 603 g/mol. The summed E-state index contributed by atoms with van der Waals surface area (Å²) in [6.07, 6.45) is 3.09. The number of piperidine rings is 1. The van der Waals surface area contributed by atoms with Gasteiger partial charge in [0.2, 0.25) is 0 Å². The molecule has 0 bridgehead atoms. The molecule has 0 radical (unpaired) electrons. The minimum atomic E-state index is -0.147. The van der Waals surface area contributed by atoms with Crippen molar-refractivity contribution < 1.29 is 0 Å². The molecule has 8 heteroatoms. The maximum absolute atomic E-state index is 7.03. The molecule has 0 spiro atoms. The summed E-state index contributed by atoms with van der Waals surface area (Å²) in [6.45, 7) is 10.9. The Morgan fingerprint density at radius 1 is 0.878 bits per heavy atom. The fourth-order valence-corrected chi connectivity index (χ4v) is 7.66. The van der Waals surface area contributed by atoms with Gasteiger partial charge in [-0.2, -0.15) is 0 Å². The van der Waals surface area contributed by atoms with Crippen LogP contribution >= 0.6 is 35.4 Å². The Hall–Kier alpha value is -3.06. The molecule has 212 valence electrons. The summed E-state index contributed by atoms with van der Waals surface area (Å²) in [5, 5.41) is 5.69. The summed E-state index contributed by atoms with van der Waals surface area (Å²) in [7, 11) is 0. The number of nitrogens with one attached hydrogen (secondary N) is 1. The first kappa shape index (κ1) is 28.1. The fourth-order valence-electron chi connectivity index (χ4n) is 6.80. The molecule has 2 aliphatic rings. The van der Waals surface area contributed by atoms with E-state index in [0.717, 1.165) is 57.8 Å². The van der Waals surface area contributed by atoms with Crippen molar-refractivity contribution >= 4 is 51.9 Å². The second kappa shape index (κ2) is 11.3. The van der Waals surface area contributed by atoms with Gasteiger partial charge in [0.1, 0.15) is 0 Å². The van der Waals surface area contributed by atoms with Crippen molar-refractivity contribution in [2.75, 3.05) is 22.9 Å². The van der Waals surface area contributed by atoms with E-state index in [1.54, 1.807) is 0 Å². The van der Waals surface area contributed by atoms with Crippen LogP contribution < -0.4 is 15.1 Å². The van der Waals surface area contributed by atoms with Crippen LogP contribution in [-0.2, 0) is 0 Å². The lowest BCUT2D eigenvalue weighted by Crippen LogP contribution is -2.38. The van der Waals surface area contributed by atoms with Gasteiger partial charge in [-0.05, 0) is 98.4 Å². The molecule has 4 atom stereocenters. The van der Waals surface area contributed by atoms with E-state index in [4.69, 9.17) is 40.4 Å². The van der Waals surface area contributed by atoms with E-state index < -0.39 is 0 Å². The number of pyridine rings is 1. The molecule has 0 aliphatic carbocycles. The lowest BCUT2D eigenvalue weighted by molar-refractivity contribution is 0.357. The van der Waals surface area contributed by atoms with Crippen molar-refractivity contribution in [3.63, 3.8) is 0 Å². The highest BCUT2D eigenvalue weighted by atomic mass is 35.5. The van der Waals surface area contributed by atoms with Gasteiger partial charge in [-0.1, -0.05) is 55.2 Å². The largest absolute Gasteiger partial charge is 0.370 e. The molecular weight excluding hydrogens is 569 g/mol. The van der Waals surface area contributed by atoms with E-state index in [0.29, 0.717) is 22.0 Å². The Kier molecular flexibility index (Phi) is 7.75. The van der Waals surface area contributed by atoms with Crippen molar-refractivity contribution in [3.05, 3.63) is 106 Å². The second-order valence-electron chi connectivity index (χ2n) is 11.6. The molecule has 41 heavy (non-hydrogen) atoms. The average Bonchev–Trinajstić information content (AvgIpc) is 3.43. The van der Waals surface area contributed by atoms with E-state index in [-0.39, 0.29) is 12.1 Å². The summed E-state index contributed by atoms with van der Waals surface area (Å²) in [5.41, 5.74) is 7.30. The number of hydrogen-bond acceptors (Lipinski definition) is 3. The van der Waals surface area contributed by atoms with Crippen LogP contribution in [0.4, 0.5) is 11.4 Å². The zero-order valence-corrected chi connectivity index (χ0v) is 26.1. The number of thiocarbonyl (C=S) groups is 1. The van der Waals surface area contributed by atoms with E-state index in [9.17, 15) is 0 Å². The van der Waals surface area contributed by atoms with Crippen LogP contribution in [0.3, 0.4) is 0 Å². The smallest absolute Gasteiger partial charge is 0.174 e. The zero-order valence-electron chi connectivity index (χ0n) is 23.8. The third-order valence-electron chi connectivity index (χ3n) is 8.40. The van der Waals surface area contributed by atoms with Crippen LogP contribution in [0.15, 0.2) is 72.9 Å². The number of para-hydroxylation sites is 1. The van der Waals surface area contributed by atoms with Gasteiger partial charge in [0, 0.05) is 36.4 Å². The number of hydrogen-bond donors (Lipinski definition) is 1. The molecule has 5 nitrogen and oxygen atoms in total. The van der Waals surface area contributed by atoms with Crippen LogP contribution in [-0.4, -0.2) is 27.8 Å². The maximum Gasteiger partial charge on any atom is 0.174 e. The number of nitrogens with zero attached hydrogens (tertiary/aromatic N) is 4. The van der Waals surface area contributed by atoms with Crippen LogP contribution in [0.25, 0.3) is 5.69 Å². The van der Waals surface area contributed by atoms with Crippen molar-refractivity contribution in [1.29, 1.82) is 0 Å². The molecular formula is C33H35Cl2N5S. The normalized spacial score (nSPS) is 22.7. The van der Waals surface area contributed by atoms with Crippen LogP contribution in [0.1, 0.15) is 55.0 Å². The quantitative estimate of drug-likeness (QED) is 0.231. The van der Waals surface area contributed by atoms with Crippen molar-refractivity contribution in [2.45, 2.75) is 46.2 Å². The highest BCUT2D eigenvalue weighted by Gasteiger charge is 2.42. The molecule has 4 heterocycles. The van der Waals surface area contributed by atoms with E-state index in [1.165, 1.54) is 6.42 Å². The summed E-state index contributed by atoms with van der Waals surface area (Å²) in [4.78, 5) is 9.35. The maximum atomic E-state index is 7.03. The first-order chi connectivity index (χ1) is 19.7. The van der Waals surface area contributed by atoms with Crippen LogP contribution in [0, 0.1) is 25.7 Å². The predicted molar refractivity (Wildman–Crippen MR) is 175 cm³/mol. The first-order valence-electron chi connectivity index (χ1n) is 14.2. The predicted octanol–water partition coefficient (Wildman–Crippen LogP) is 8.46. The number of benzene rings is 2. The Morgan fingerprint density at radius 3 is 2.29 bits per heavy atom. The molecule has 4 aromatic rings. The number of halogens is 2. The number of rotatable bonds is 5. The molecule has 2 fully saturated rings. The molecule has 1 N–H and O–H groups in total. The highest BCUT2D eigenvalue weighted by molar-refractivity contribution is 7.80. The lowest BCUT2D eigenvalue weighted by Gasteiger charge is -2.37. The molecule has 2 aromatic heterocycles. The second-order valence-corrected chi connectivity index (χ2v) is 12.8. The van der Waals surface area contributed by atoms with Gasteiger partial charge in [0.05, 0.1) is 39.2 Å². The Morgan fingerprint density at radius 2 is 1.61 bits per heavy atom. The van der Waals surface area contributed by atoms with Gasteiger partial charge >= 0.3 is 0 Å². The Labute approximate surface area is 258 Å². The van der Waals surface area contributed by atoms with E-state index in [1.807, 2.05) is 36.5 Å². The molecule has 0 saturated carbocycles. The highest BCUT2D eigenvalue weighted by Crippen LogP contribution is 2.45. The van der Waals surface area contributed by atoms with Gasteiger partial charge in [-0.15, -0.1) is 0 Å². The van der Waals surface area contributed by atoms with Crippen molar-refractivity contribution in [3.8, 4) is 5.69 Å². The van der Waals surface area contributed by atoms with E-state index in [2.05, 4.69) is 83.8 Å². The van der Waals surface area contributed by atoms with Gasteiger partial charge in [0.25, 0.3) is 0 Å². The summed E-state index contributed by atoms with van der Waals surface area (Å²) in [6, 6.07) is 22.3. The standard InChI is InChI=1S/C33H35Cl2N5S/c1-20-15-21(2)19-38(18-20)29-13-12-24(17-27(29)35)40-32(31(37-33(40)41)28-10-7-8-14-36-28)25-16-22(3)39(23(25)4)30-11-6-5-9-26(30)34/h5-14,16-17,20-21,31-32H,15,18-19H2,1-4H3,(H,37,41)/t20-,21-,31-,32+/m0/s1. The van der Waals surface area contributed by atoms with Gasteiger partial charge in [0.15, 0.2) is 5.11 Å². The summed E-state index contributed by atoms with van der Waals surface area (Å²) < 4.78 is 2.22. The lowest BCUT2D eigenvalue weighted by atomic mass is 9.91. The average molecular weight is 605 g/mol. The molecule has 6 rings (SSSR count). The van der Waals surface area contributed by atoms with Crippen molar-refractivity contribution in [2.24, 2.45) is 11.8 Å². The molecule has 2 aliphatic heterocycles. The van der Waals surface area contributed by atoms with Crippen LogP contribution in [0.2, 0.25) is 10.0 Å². The summed E-state index contributed by atoms with van der Waals surface area (Å²) >= 11 is 19.7. The third-order valence-corrected chi connectivity index (χ3v) is 9.34. The van der Waals surface area contributed by atoms with Crippen LogP contribution in [0.5, 0.6) is 0 Å². The molecule has 0 unspecified atom stereocenters. The first-order valence-corrected chi connectivity index (χ1v) is 15.4. The Balaban J connectivity index is 1.45. The third kappa shape index (κ3) is 5.22. The number of aromatic nitrogens is 2. The Bertz CT molecular complexity index is 1580. The van der Waals surface area contributed by atoms with Gasteiger partial charge in [-0.3, -0.25) is 4.98 Å². The minimum Gasteiger partial charge on any atom is -0.370 e. The topological polar surface area (TPSA) is 36.3 Å². The summed E-state index contributed by atoms with van der Waals surface area (Å²) in [5.74, 6) is 1.28. The molecule has 2 aromatic carbocycles. The van der Waals surface area contributed by atoms with Gasteiger partial charge < -0.3 is 19.7 Å². The van der Waals surface area contributed by atoms with Crippen molar-refractivity contribution in [1.82, 2.24) is 14.9 Å². The number of aryl methyl sites for hydroxylation is 1. The fraction of sp³-hybridized carbons (Fsp3) is 0.333. The van der Waals surface area contributed by atoms with Gasteiger partial charge in [-0.25, -0.2) is 0 Å². The number of anilines is 2. The minimum absolute atomic E-state index is 0.142. The molecule has 2 saturated heterocycles.